The maximum Gasteiger partial charge on any atom is 0.237 e. The van der Waals surface area contributed by atoms with E-state index < -0.39 is 6.04 Å². The summed E-state index contributed by atoms with van der Waals surface area (Å²) in [6, 6.07) is 13.4. The second-order valence-electron chi connectivity index (χ2n) is 5.90. The van der Waals surface area contributed by atoms with E-state index in [2.05, 4.69) is 41.5 Å². The lowest BCUT2D eigenvalue weighted by Crippen LogP contribution is -2.42. The molecule has 4 nitrogen and oxygen atoms in total. The minimum atomic E-state index is -0.468. The summed E-state index contributed by atoms with van der Waals surface area (Å²) >= 11 is 0. The van der Waals surface area contributed by atoms with Crippen LogP contribution in [0.5, 0.6) is 0 Å². The first-order valence-corrected chi connectivity index (χ1v) is 8.12. The monoisotopic (exact) mass is 383 g/mol. The molecule has 1 heterocycles. The minimum Gasteiger partial charge on any atom is -0.346 e. The maximum atomic E-state index is 12.3. The normalized spacial score (nSPS) is 12.3. The van der Waals surface area contributed by atoms with Crippen LogP contribution in [-0.2, 0) is 11.2 Å². The van der Waals surface area contributed by atoms with Crippen molar-refractivity contribution in [1.82, 2.24) is 10.3 Å². The van der Waals surface area contributed by atoms with Crippen LogP contribution in [0.25, 0.3) is 0 Å². The van der Waals surface area contributed by atoms with E-state index >= 15 is 0 Å². The summed E-state index contributed by atoms with van der Waals surface area (Å²) in [7, 11) is 0. The van der Waals surface area contributed by atoms with Crippen LogP contribution in [-0.4, -0.2) is 16.9 Å². The van der Waals surface area contributed by atoms with Crippen molar-refractivity contribution in [2.24, 2.45) is 5.73 Å². The van der Waals surface area contributed by atoms with Gasteiger partial charge in [-0.25, -0.2) is 0 Å². The molecule has 138 valence electrons. The molecule has 1 aromatic carbocycles. The zero-order valence-electron chi connectivity index (χ0n) is 14.6. The molecule has 3 N–H and O–H groups in total. The number of nitrogens with one attached hydrogen (secondary N) is 1. The van der Waals surface area contributed by atoms with Gasteiger partial charge >= 0.3 is 0 Å². The van der Waals surface area contributed by atoms with Crippen molar-refractivity contribution >= 4 is 30.7 Å². The highest BCUT2D eigenvalue weighted by molar-refractivity contribution is 5.85. The molecule has 0 radical (unpaired) electrons. The number of rotatable bonds is 7. The summed E-state index contributed by atoms with van der Waals surface area (Å²) in [6.07, 6.45) is 4.02. The fourth-order valence-electron chi connectivity index (χ4n) is 2.49. The van der Waals surface area contributed by atoms with E-state index in [0.717, 1.165) is 17.7 Å². The van der Waals surface area contributed by atoms with Crippen molar-refractivity contribution in [1.29, 1.82) is 0 Å². The molecule has 0 fully saturated rings. The van der Waals surface area contributed by atoms with Crippen LogP contribution in [0.4, 0.5) is 0 Å². The molecule has 1 amide bonds. The Hall–Kier alpha value is -1.62. The number of benzene rings is 1. The average Bonchev–Trinajstić information content (AvgIpc) is 2.57. The van der Waals surface area contributed by atoms with Gasteiger partial charge in [-0.1, -0.05) is 49.2 Å². The molecule has 1 aromatic heterocycles. The highest BCUT2D eigenvalue weighted by atomic mass is 35.5. The molecule has 2 unspecified atom stereocenters. The highest BCUT2D eigenvalue weighted by Crippen LogP contribution is 2.17. The van der Waals surface area contributed by atoms with Gasteiger partial charge in [-0.05, 0) is 37.5 Å². The van der Waals surface area contributed by atoms with Crippen molar-refractivity contribution < 1.29 is 4.79 Å². The first-order valence-electron chi connectivity index (χ1n) is 8.12. The van der Waals surface area contributed by atoms with Crippen LogP contribution >= 0.6 is 24.8 Å². The van der Waals surface area contributed by atoms with Gasteiger partial charge in [0.15, 0.2) is 0 Å². The number of aryl methyl sites for hydroxylation is 1. The molecular formula is C19H27Cl2N3O. The number of carbonyl (C=O) groups excluding carboxylic acids is 1. The highest BCUT2D eigenvalue weighted by Gasteiger charge is 2.20. The van der Waals surface area contributed by atoms with Crippen molar-refractivity contribution in [3.05, 3.63) is 65.5 Å². The van der Waals surface area contributed by atoms with Gasteiger partial charge in [-0.15, -0.1) is 24.8 Å². The average molecular weight is 384 g/mol. The van der Waals surface area contributed by atoms with Gasteiger partial charge in [0.25, 0.3) is 0 Å². The van der Waals surface area contributed by atoms with Crippen molar-refractivity contribution in [3.63, 3.8) is 0 Å². The Kier molecular flexibility index (Phi) is 11.1. The van der Waals surface area contributed by atoms with Crippen LogP contribution in [0, 0.1) is 6.92 Å². The Morgan fingerprint density at radius 2 is 1.84 bits per heavy atom. The van der Waals surface area contributed by atoms with Gasteiger partial charge in [0.1, 0.15) is 0 Å². The molecule has 2 atom stereocenters. The molecular weight excluding hydrogens is 357 g/mol. The van der Waals surface area contributed by atoms with E-state index in [1.165, 1.54) is 5.56 Å². The number of hydrogen-bond acceptors (Lipinski definition) is 3. The molecule has 0 spiro atoms. The predicted molar refractivity (Wildman–Crippen MR) is 107 cm³/mol. The molecule has 0 aliphatic rings. The summed E-state index contributed by atoms with van der Waals surface area (Å²) in [4.78, 5) is 16.7. The van der Waals surface area contributed by atoms with Gasteiger partial charge in [-0.3, -0.25) is 9.78 Å². The summed E-state index contributed by atoms with van der Waals surface area (Å²) in [5, 5.41) is 3.05. The Labute approximate surface area is 162 Å². The van der Waals surface area contributed by atoms with E-state index in [0.29, 0.717) is 12.8 Å². The number of nitrogens with two attached hydrogens (primary N) is 1. The van der Waals surface area contributed by atoms with Gasteiger partial charge < -0.3 is 11.1 Å². The molecule has 2 rings (SSSR count). The van der Waals surface area contributed by atoms with Gasteiger partial charge in [0.2, 0.25) is 5.91 Å². The first-order chi connectivity index (χ1) is 11.1. The molecule has 0 bridgehead atoms. The molecule has 0 saturated heterocycles. The number of aromatic nitrogens is 1. The fourth-order valence-corrected chi connectivity index (χ4v) is 2.49. The Balaban J connectivity index is 0.00000288. The topological polar surface area (TPSA) is 68.0 Å². The van der Waals surface area contributed by atoms with Crippen molar-refractivity contribution in [2.45, 2.75) is 45.2 Å². The zero-order valence-corrected chi connectivity index (χ0v) is 16.3. The van der Waals surface area contributed by atoms with E-state index in [1.54, 1.807) is 6.20 Å². The molecule has 25 heavy (non-hydrogen) atoms. The van der Waals surface area contributed by atoms with Crippen molar-refractivity contribution in [3.8, 4) is 0 Å². The largest absolute Gasteiger partial charge is 0.346 e. The second-order valence-corrected chi connectivity index (χ2v) is 5.90. The standard InChI is InChI=1S/C19H25N3O.2ClH/c1-3-6-16(20)19(23)22-18(17-7-4-5-12-21-17)13-15-10-8-14(2)9-11-15;;/h4-5,7-12,16,18H,3,6,13,20H2,1-2H3,(H,22,23);2*1H. The third kappa shape index (κ3) is 7.43. The first kappa shape index (κ1) is 23.4. The Morgan fingerprint density at radius 3 is 2.40 bits per heavy atom. The zero-order chi connectivity index (χ0) is 16.7. The Morgan fingerprint density at radius 1 is 1.16 bits per heavy atom. The number of nitrogens with zero attached hydrogens (tertiary/aromatic N) is 1. The lowest BCUT2D eigenvalue weighted by Gasteiger charge is -2.21. The smallest absolute Gasteiger partial charge is 0.237 e. The number of carbonyl (C=O) groups is 1. The van der Waals surface area contributed by atoms with Crippen LogP contribution in [0.2, 0.25) is 0 Å². The van der Waals surface area contributed by atoms with Crippen LogP contribution < -0.4 is 11.1 Å². The minimum absolute atomic E-state index is 0. The number of hydrogen-bond donors (Lipinski definition) is 2. The SMILES string of the molecule is CCCC(N)C(=O)NC(Cc1ccc(C)cc1)c1ccccn1.Cl.Cl. The van der Waals surface area contributed by atoms with Crippen LogP contribution in [0.1, 0.15) is 42.6 Å². The van der Waals surface area contributed by atoms with Gasteiger partial charge in [0.05, 0.1) is 17.8 Å². The molecule has 0 saturated carbocycles. The van der Waals surface area contributed by atoms with Gasteiger partial charge in [0, 0.05) is 6.20 Å². The number of halogens is 2. The van der Waals surface area contributed by atoms with Crippen LogP contribution in [0.3, 0.4) is 0 Å². The summed E-state index contributed by atoms with van der Waals surface area (Å²) < 4.78 is 0. The van der Waals surface area contributed by atoms with E-state index in [9.17, 15) is 4.79 Å². The van der Waals surface area contributed by atoms with Crippen molar-refractivity contribution in [2.75, 3.05) is 0 Å². The fraction of sp³-hybridized carbons (Fsp3) is 0.368. The molecule has 6 heteroatoms. The molecule has 0 aliphatic carbocycles. The van der Waals surface area contributed by atoms with Crippen LogP contribution in [0.15, 0.2) is 48.7 Å². The van der Waals surface area contributed by atoms with E-state index in [4.69, 9.17) is 5.73 Å². The van der Waals surface area contributed by atoms with E-state index in [1.807, 2.05) is 25.1 Å². The quantitative estimate of drug-likeness (QED) is 0.764. The lowest BCUT2D eigenvalue weighted by molar-refractivity contribution is -0.123. The maximum absolute atomic E-state index is 12.3. The third-order valence-electron chi connectivity index (χ3n) is 3.86. The molecule has 2 aromatic rings. The Bertz CT molecular complexity index is 620. The summed E-state index contributed by atoms with van der Waals surface area (Å²) in [5.74, 6) is -0.116. The number of pyridine rings is 1. The summed E-state index contributed by atoms with van der Waals surface area (Å²) in [5.41, 5.74) is 9.17. The molecule has 0 aliphatic heterocycles. The third-order valence-corrected chi connectivity index (χ3v) is 3.86. The number of amides is 1. The van der Waals surface area contributed by atoms with Gasteiger partial charge in [-0.2, -0.15) is 0 Å². The lowest BCUT2D eigenvalue weighted by atomic mass is 10.0. The summed E-state index contributed by atoms with van der Waals surface area (Å²) in [6.45, 7) is 4.08. The predicted octanol–water partition coefficient (Wildman–Crippen LogP) is 3.76. The van der Waals surface area contributed by atoms with E-state index in [-0.39, 0.29) is 36.8 Å². The second kappa shape index (κ2) is 11.9.